The molecule has 1 aliphatic rings. The van der Waals surface area contributed by atoms with Crippen LogP contribution < -0.4 is 0 Å². The monoisotopic (exact) mass is 293 g/mol. The van der Waals surface area contributed by atoms with Crippen molar-refractivity contribution in [3.63, 3.8) is 0 Å². The zero-order chi connectivity index (χ0) is 15.6. The lowest BCUT2D eigenvalue weighted by atomic mass is 9.85. The van der Waals surface area contributed by atoms with E-state index in [0.29, 0.717) is 13.0 Å². The number of carbonyl (C=O) groups is 1. The second-order valence-corrected chi connectivity index (χ2v) is 6.69. The van der Waals surface area contributed by atoms with Crippen molar-refractivity contribution in [3.8, 4) is 0 Å². The number of carbonyl (C=O) groups excluding carboxylic acids is 1. The van der Waals surface area contributed by atoms with Crippen molar-refractivity contribution >= 4 is 6.09 Å². The molecule has 1 heterocycles. The quantitative estimate of drug-likeness (QED) is 0.781. The first-order chi connectivity index (χ1) is 9.78. The van der Waals surface area contributed by atoms with E-state index in [2.05, 4.69) is 0 Å². The molecule has 1 aliphatic heterocycles. The molecule has 0 saturated carbocycles. The standard InChI is InChI=1S/C17H24FNO2/c1-12-7-5-6-8-13(12)14-9-10-19(11-15(14)18)16(20)21-17(2,3)4/h5-8,14-15H,9-11H2,1-4H3/t14-,15-/m1/s1. The summed E-state index contributed by atoms with van der Waals surface area (Å²) < 4.78 is 19.8. The van der Waals surface area contributed by atoms with Crippen molar-refractivity contribution in [1.29, 1.82) is 0 Å². The minimum Gasteiger partial charge on any atom is -0.444 e. The van der Waals surface area contributed by atoms with E-state index < -0.39 is 17.9 Å². The molecule has 0 aliphatic carbocycles. The fourth-order valence-corrected chi connectivity index (χ4v) is 2.75. The van der Waals surface area contributed by atoms with Gasteiger partial charge in [0.2, 0.25) is 0 Å². The Balaban J connectivity index is 2.03. The Morgan fingerprint density at radius 1 is 1.33 bits per heavy atom. The molecule has 3 nitrogen and oxygen atoms in total. The molecule has 0 unspecified atom stereocenters. The first kappa shape index (κ1) is 15.8. The molecule has 0 bridgehead atoms. The molecule has 1 fully saturated rings. The molecule has 1 saturated heterocycles. The first-order valence-corrected chi connectivity index (χ1v) is 7.45. The molecule has 2 atom stereocenters. The van der Waals surface area contributed by atoms with Gasteiger partial charge in [-0.3, -0.25) is 0 Å². The van der Waals surface area contributed by atoms with Gasteiger partial charge in [0, 0.05) is 12.5 Å². The highest BCUT2D eigenvalue weighted by Crippen LogP contribution is 2.32. The Bertz CT molecular complexity index is 510. The highest BCUT2D eigenvalue weighted by Gasteiger charge is 2.34. The SMILES string of the molecule is Cc1ccccc1[C@H]1CCN(C(=O)OC(C)(C)C)C[C@H]1F. The van der Waals surface area contributed by atoms with Gasteiger partial charge in [0.05, 0.1) is 6.54 Å². The lowest BCUT2D eigenvalue weighted by Crippen LogP contribution is -2.46. The Hall–Kier alpha value is -1.58. The topological polar surface area (TPSA) is 29.5 Å². The van der Waals surface area contributed by atoms with Gasteiger partial charge < -0.3 is 9.64 Å². The number of piperidine rings is 1. The van der Waals surface area contributed by atoms with Crippen molar-refractivity contribution in [2.24, 2.45) is 0 Å². The molecule has 1 amide bonds. The molecular weight excluding hydrogens is 269 g/mol. The molecule has 0 spiro atoms. The van der Waals surface area contributed by atoms with Crippen LogP contribution in [-0.2, 0) is 4.74 Å². The number of amides is 1. The molecular formula is C17H24FNO2. The normalized spacial score (nSPS) is 23.0. The summed E-state index contributed by atoms with van der Waals surface area (Å²) in [6.07, 6.45) is -0.841. The van der Waals surface area contributed by atoms with Crippen LogP contribution >= 0.6 is 0 Å². The third-order valence-electron chi connectivity index (χ3n) is 3.78. The fraction of sp³-hybridized carbons (Fsp3) is 0.588. The second kappa shape index (κ2) is 6.04. The maximum atomic E-state index is 14.5. The summed E-state index contributed by atoms with van der Waals surface area (Å²) in [6, 6.07) is 7.88. The first-order valence-electron chi connectivity index (χ1n) is 7.45. The van der Waals surface area contributed by atoms with Gasteiger partial charge in [-0.1, -0.05) is 24.3 Å². The number of alkyl halides is 1. The molecule has 0 N–H and O–H groups in total. The Kier molecular flexibility index (Phi) is 4.55. The second-order valence-electron chi connectivity index (χ2n) is 6.69. The van der Waals surface area contributed by atoms with Gasteiger partial charge in [0.1, 0.15) is 11.8 Å². The van der Waals surface area contributed by atoms with E-state index >= 15 is 0 Å². The van der Waals surface area contributed by atoms with E-state index in [9.17, 15) is 9.18 Å². The van der Waals surface area contributed by atoms with Gasteiger partial charge in [0.25, 0.3) is 0 Å². The van der Waals surface area contributed by atoms with Crippen LogP contribution in [0.3, 0.4) is 0 Å². The van der Waals surface area contributed by atoms with E-state index in [0.717, 1.165) is 11.1 Å². The van der Waals surface area contributed by atoms with Crippen LogP contribution in [0.15, 0.2) is 24.3 Å². The molecule has 1 aromatic rings. The lowest BCUT2D eigenvalue weighted by Gasteiger charge is -2.36. The van der Waals surface area contributed by atoms with Crippen molar-refractivity contribution in [2.45, 2.75) is 51.8 Å². The zero-order valence-corrected chi connectivity index (χ0v) is 13.2. The number of hydrogen-bond acceptors (Lipinski definition) is 2. The summed E-state index contributed by atoms with van der Waals surface area (Å²) in [6.45, 7) is 8.10. The molecule has 0 radical (unpaired) electrons. The van der Waals surface area contributed by atoms with Crippen LogP contribution in [0.25, 0.3) is 0 Å². The van der Waals surface area contributed by atoms with Crippen LogP contribution in [0.1, 0.15) is 44.2 Å². The van der Waals surface area contributed by atoms with Crippen molar-refractivity contribution in [3.05, 3.63) is 35.4 Å². The zero-order valence-electron chi connectivity index (χ0n) is 13.2. The van der Waals surface area contributed by atoms with E-state index in [1.54, 1.807) is 0 Å². The minimum absolute atomic E-state index is 0.105. The van der Waals surface area contributed by atoms with Crippen LogP contribution in [0.5, 0.6) is 0 Å². The Morgan fingerprint density at radius 2 is 2.00 bits per heavy atom. The fourth-order valence-electron chi connectivity index (χ4n) is 2.75. The van der Waals surface area contributed by atoms with Gasteiger partial charge in [0.15, 0.2) is 0 Å². The average molecular weight is 293 g/mol. The number of nitrogens with zero attached hydrogens (tertiary/aromatic N) is 1. The van der Waals surface area contributed by atoms with E-state index in [1.807, 2.05) is 52.0 Å². The van der Waals surface area contributed by atoms with Gasteiger partial charge in [-0.15, -0.1) is 0 Å². The molecule has 1 aromatic carbocycles. The summed E-state index contributed by atoms with van der Waals surface area (Å²) in [4.78, 5) is 13.5. The van der Waals surface area contributed by atoms with Gasteiger partial charge in [-0.05, 0) is 45.2 Å². The number of ether oxygens (including phenoxy) is 1. The highest BCUT2D eigenvalue weighted by atomic mass is 19.1. The van der Waals surface area contributed by atoms with Crippen molar-refractivity contribution in [1.82, 2.24) is 4.90 Å². The maximum absolute atomic E-state index is 14.5. The third kappa shape index (κ3) is 3.96. The summed E-state index contributed by atoms with van der Waals surface area (Å²) >= 11 is 0. The van der Waals surface area contributed by atoms with Crippen molar-refractivity contribution in [2.75, 3.05) is 13.1 Å². The van der Waals surface area contributed by atoms with Crippen LogP contribution in [-0.4, -0.2) is 35.9 Å². The highest BCUT2D eigenvalue weighted by molar-refractivity contribution is 5.68. The maximum Gasteiger partial charge on any atom is 0.410 e. The number of likely N-dealkylation sites (tertiary alicyclic amines) is 1. The molecule has 4 heteroatoms. The van der Waals surface area contributed by atoms with Crippen LogP contribution in [0.2, 0.25) is 0 Å². The summed E-state index contributed by atoms with van der Waals surface area (Å²) in [7, 11) is 0. The Morgan fingerprint density at radius 3 is 2.57 bits per heavy atom. The van der Waals surface area contributed by atoms with Crippen LogP contribution in [0.4, 0.5) is 9.18 Å². The number of hydrogen-bond donors (Lipinski definition) is 0. The van der Waals surface area contributed by atoms with Gasteiger partial charge >= 0.3 is 6.09 Å². The van der Waals surface area contributed by atoms with E-state index in [1.165, 1.54) is 4.90 Å². The number of rotatable bonds is 1. The van der Waals surface area contributed by atoms with E-state index in [4.69, 9.17) is 4.74 Å². The molecule has 116 valence electrons. The van der Waals surface area contributed by atoms with Crippen LogP contribution in [0, 0.1) is 6.92 Å². The lowest BCUT2D eigenvalue weighted by molar-refractivity contribution is 0.0111. The van der Waals surface area contributed by atoms with Gasteiger partial charge in [-0.25, -0.2) is 9.18 Å². The summed E-state index contributed by atoms with van der Waals surface area (Å²) in [5, 5.41) is 0. The average Bonchev–Trinajstić information content (AvgIpc) is 2.38. The number of aryl methyl sites for hydroxylation is 1. The minimum atomic E-state index is -1.05. The predicted octanol–water partition coefficient (Wildman–Crippen LogP) is 4.06. The molecule has 21 heavy (non-hydrogen) atoms. The van der Waals surface area contributed by atoms with E-state index in [-0.39, 0.29) is 12.5 Å². The predicted molar refractivity (Wildman–Crippen MR) is 81.2 cm³/mol. The largest absolute Gasteiger partial charge is 0.444 e. The summed E-state index contributed by atoms with van der Waals surface area (Å²) in [5.41, 5.74) is 1.61. The number of benzene rings is 1. The molecule has 2 rings (SSSR count). The summed E-state index contributed by atoms with van der Waals surface area (Å²) in [5.74, 6) is -0.134. The van der Waals surface area contributed by atoms with Crippen molar-refractivity contribution < 1.29 is 13.9 Å². The molecule has 0 aromatic heterocycles. The Labute approximate surface area is 126 Å². The number of halogens is 1. The van der Waals surface area contributed by atoms with Gasteiger partial charge in [-0.2, -0.15) is 0 Å². The smallest absolute Gasteiger partial charge is 0.410 e. The third-order valence-corrected chi connectivity index (χ3v) is 3.78.